The van der Waals surface area contributed by atoms with Gasteiger partial charge >= 0.3 is 6.01 Å². The molecule has 0 amide bonds. The molecule has 0 aliphatic carbocycles. The van der Waals surface area contributed by atoms with Gasteiger partial charge < -0.3 is 4.74 Å². The Kier molecular flexibility index (Phi) is 3.99. The van der Waals surface area contributed by atoms with Crippen LogP contribution in [0.4, 0.5) is 8.78 Å². The Bertz CT molecular complexity index is 590. The van der Waals surface area contributed by atoms with Crippen LogP contribution >= 0.6 is 0 Å². The van der Waals surface area contributed by atoms with Crippen LogP contribution < -0.4 is 4.74 Å². The molecule has 19 heavy (non-hydrogen) atoms. The van der Waals surface area contributed by atoms with Gasteiger partial charge in [-0.25, -0.2) is 4.39 Å². The van der Waals surface area contributed by atoms with Gasteiger partial charge in [0.15, 0.2) is 11.6 Å². The Hall–Kier alpha value is -2.11. The SMILES string of the molecule is CCc1nnc(Oc2cccc(F)c2F)nc1CC. The first-order valence-corrected chi connectivity index (χ1v) is 6.00. The van der Waals surface area contributed by atoms with E-state index in [1.165, 1.54) is 12.1 Å². The monoisotopic (exact) mass is 265 g/mol. The van der Waals surface area contributed by atoms with E-state index in [4.69, 9.17) is 4.74 Å². The van der Waals surface area contributed by atoms with Crippen molar-refractivity contribution in [2.24, 2.45) is 0 Å². The molecular formula is C13H13F2N3O. The topological polar surface area (TPSA) is 47.9 Å². The summed E-state index contributed by atoms with van der Waals surface area (Å²) in [5.74, 6) is -2.30. The highest BCUT2D eigenvalue weighted by Crippen LogP contribution is 2.23. The van der Waals surface area contributed by atoms with Gasteiger partial charge in [-0.2, -0.15) is 9.37 Å². The van der Waals surface area contributed by atoms with E-state index in [0.29, 0.717) is 12.8 Å². The third-order valence-corrected chi connectivity index (χ3v) is 2.61. The van der Waals surface area contributed by atoms with E-state index < -0.39 is 11.6 Å². The van der Waals surface area contributed by atoms with Crippen molar-refractivity contribution in [2.45, 2.75) is 26.7 Å². The molecule has 2 aromatic rings. The number of benzene rings is 1. The van der Waals surface area contributed by atoms with Crippen molar-refractivity contribution in [1.82, 2.24) is 15.2 Å². The van der Waals surface area contributed by atoms with E-state index in [0.717, 1.165) is 17.5 Å². The van der Waals surface area contributed by atoms with Crippen molar-refractivity contribution < 1.29 is 13.5 Å². The lowest BCUT2D eigenvalue weighted by molar-refractivity contribution is 0.385. The van der Waals surface area contributed by atoms with Crippen molar-refractivity contribution in [3.05, 3.63) is 41.2 Å². The zero-order valence-electron chi connectivity index (χ0n) is 10.7. The standard InChI is InChI=1S/C13H13F2N3O/c1-3-9-10(4-2)17-18-13(16-9)19-11-7-5-6-8(14)12(11)15/h5-7H,3-4H2,1-2H3. The van der Waals surface area contributed by atoms with Gasteiger partial charge in [-0.05, 0) is 25.0 Å². The minimum Gasteiger partial charge on any atom is -0.420 e. The molecule has 6 heteroatoms. The highest BCUT2D eigenvalue weighted by atomic mass is 19.2. The number of hydrogen-bond acceptors (Lipinski definition) is 4. The van der Waals surface area contributed by atoms with Gasteiger partial charge in [0.2, 0.25) is 5.82 Å². The Morgan fingerprint density at radius 2 is 1.79 bits per heavy atom. The van der Waals surface area contributed by atoms with Crippen LogP contribution in [-0.2, 0) is 12.8 Å². The minimum atomic E-state index is -1.07. The van der Waals surface area contributed by atoms with E-state index in [2.05, 4.69) is 15.2 Å². The summed E-state index contributed by atoms with van der Waals surface area (Å²) in [4.78, 5) is 4.14. The van der Waals surface area contributed by atoms with Crippen LogP contribution in [0.1, 0.15) is 25.2 Å². The lowest BCUT2D eigenvalue weighted by Gasteiger charge is -2.07. The number of nitrogens with zero attached hydrogens (tertiary/aromatic N) is 3. The molecule has 0 radical (unpaired) electrons. The quantitative estimate of drug-likeness (QED) is 0.852. The van der Waals surface area contributed by atoms with Crippen molar-refractivity contribution in [2.75, 3.05) is 0 Å². The first-order chi connectivity index (χ1) is 9.15. The normalized spacial score (nSPS) is 10.5. The average molecular weight is 265 g/mol. The maximum atomic E-state index is 13.4. The van der Waals surface area contributed by atoms with Gasteiger partial charge in [-0.15, -0.1) is 5.10 Å². The van der Waals surface area contributed by atoms with E-state index in [-0.39, 0.29) is 11.8 Å². The summed E-state index contributed by atoms with van der Waals surface area (Å²) < 4.78 is 31.6. The van der Waals surface area contributed by atoms with Crippen LogP contribution in [-0.4, -0.2) is 15.2 Å². The molecular weight excluding hydrogens is 252 g/mol. The van der Waals surface area contributed by atoms with Crippen molar-refractivity contribution in [1.29, 1.82) is 0 Å². The van der Waals surface area contributed by atoms with Gasteiger partial charge in [0.1, 0.15) is 0 Å². The van der Waals surface area contributed by atoms with Crippen molar-refractivity contribution >= 4 is 0 Å². The first kappa shape index (κ1) is 13.3. The summed E-state index contributed by atoms with van der Waals surface area (Å²) in [6.45, 7) is 3.87. The fraction of sp³-hybridized carbons (Fsp3) is 0.308. The summed E-state index contributed by atoms with van der Waals surface area (Å²) in [5.41, 5.74) is 1.51. The lowest BCUT2D eigenvalue weighted by Crippen LogP contribution is -2.05. The molecule has 0 fully saturated rings. The first-order valence-electron chi connectivity index (χ1n) is 6.00. The van der Waals surface area contributed by atoms with Gasteiger partial charge in [-0.1, -0.05) is 25.0 Å². The van der Waals surface area contributed by atoms with Gasteiger partial charge in [-0.3, -0.25) is 0 Å². The molecule has 0 saturated heterocycles. The van der Waals surface area contributed by atoms with Crippen LogP contribution in [0.3, 0.4) is 0 Å². The van der Waals surface area contributed by atoms with Gasteiger partial charge in [0.25, 0.3) is 0 Å². The molecule has 1 heterocycles. The fourth-order valence-corrected chi connectivity index (χ4v) is 1.63. The van der Waals surface area contributed by atoms with Gasteiger partial charge in [0, 0.05) is 0 Å². The van der Waals surface area contributed by atoms with Crippen LogP contribution in [0, 0.1) is 11.6 Å². The predicted molar refractivity (Wildman–Crippen MR) is 65.0 cm³/mol. The second-order valence-electron chi connectivity index (χ2n) is 3.85. The summed E-state index contributed by atoms with van der Waals surface area (Å²) in [5, 5.41) is 7.71. The molecule has 0 saturated carbocycles. The second kappa shape index (κ2) is 5.69. The number of ether oxygens (including phenoxy) is 1. The molecule has 0 unspecified atom stereocenters. The Morgan fingerprint density at radius 1 is 1.05 bits per heavy atom. The van der Waals surface area contributed by atoms with E-state index in [1.54, 1.807) is 0 Å². The lowest BCUT2D eigenvalue weighted by atomic mass is 10.2. The van der Waals surface area contributed by atoms with Crippen LogP contribution in [0.2, 0.25) is 0 Å². The smallest absolute Gasteiger partial charge is 0.341 e. The average Bonchev–Trinajstić information content (AvgIpc) is 2.43. The molecule has 0 N–H and O–H groups in total. The fourth-order valence-electron chi connectivity index (χ4n) is 1.63. The maximum Gasteiger partial charge on any atom is 0.341 e. The molecule has 1 aromatic carbocycles. The highest BCUT2D eigenvalue weighted by molar-refractivity contribution is 5.27. The number of halogens is 2. The zero-order valence-corrected chi connectivity index (χ0v) is 10.7. The van der Waals surface area contributed by atoms with E-state index in [1.807, 2.05) is 13.8 Å². The van der Waals surface area contributed by atoms with E-state index >= 15 is 0 Å². The molecule has 0 aliphatic rings. The largest absolute Gasteiger partial charge is 0.420 e. The Labute approximate surface area is 109 Å². The van der Waals surface area contributed by atoms with Crippen molar-refractivity contribution in [3.8, 4) is 11.8 Å². The Balaban J connectivity index is 2.31. The van der Waals surface area contributed by atoms with Crippen LogP contribution in [0.5, 0.6) is 11.8 Å². The Morgan fingerprint density at radius 3 is 2.47 bits per heavy atom. The number of aryl methyl sites for hydroxylation is 2. The molecule has 4 nitrogen and oxygen atoms in total. The predicted octanol–water partition coefficient (Wildman–Crippen LogP) is 3.07. The molecule has 100 valence electrons. The molecule has 0 aliphatic heterocycles. The van der Waals surface area contributed by atoms with Crippen LogP contribution in [0.25, 0.3) is 0 Å². The molecule has 2 rings (SSSR count). The molecule has 0 spiro atoms. The zero-order chi connectivity index (χ0) is 13.8. The third-order valence-electron chi connectivity index (χ3n) is 2.61. The van der Waals surface area contributed by atoms with E-state index in [9.17, 15) is 8.78 Å². The number of aromatic nitrogens is 3. The summed E-state index contributed by atoms with van der Waals surface area (Å²) in [6.07, 6.45) is 1.37. The minimum absolute atomic E-state index is 0.0847. The van der Waals surface area contributed by atoms with Crippen LogP contribution in [0.15, 0.2) is 18.2 Å². The molecule has 1 aromatic heterocycles. The molecule has 0 atom stereocenters. The van der Waals surface area contributed by atoms with Crippen molar-refractivity contribution in [3.63, 3.8) is 0 Å². The molecule has 0 bridgehead atoms. The number of hydrogen-bond donors (Lipinski definition) is 0. The highest BCUT2D eigenvalue weighted by Gasteiger charge is 2.13. The summed E-state index contributed by atoms with van der Waals surface area (Å²) >= 11 is 0. The summed E-state index contributed by atoms with van der Waals surface area (Å²) in [6, 6.07) is 3.58. The maximum absolute atomic E-state index is 13.4. The third kappa shape index (κ3) is 2.83. The second-order valence-corrected chi connectivity index (χ2v) is 3.85. The van der Waals surface area contributed by atoms with Gasteiger partial charge in [0.05, 0.1) is 11.4 Å². The summed E-state index contributed by atoms with van der Waals surface area (Å²) in [7, 11) is 0. The number of rotatable bonds is 4.